The summed E-state index contributed by atoms with van der Waals surface area (Å²) in [5.41, 5.74) is 0. The zero-order valence-corrected chi connectivity index (χ0v) is 17.7. The highest BCUT2D eigenvalue weighted by atomic mass is 16.7. The Morgan fingerprint density at radius 2 is 1.00 bits per heavy atom. The summed E-state index contributed by atoms with van der Waals surface area (Å²) in [6.45, 7) is -2.06. The molecule has 3 heterocycles. The molecule has 0 aromatic carbocycles. The molecule has 3 fully saturated rings. The predicted octanol–water partition coefficient (Wildman–Crippen LogP) is -7.57. The second-order valence-electron chi connectivity index (χ2n) is 8.37. The summed E-state index contributed by atoms with van der Waals surface area (Å²) >= 11 is 0. The number of hydrogen-bond donors (Lipinski definition) is 11. The van der Waals surface area contributed by atoms with Crippen molar-refractivity contribution in [2.45, 2.75) is 92.1 Å². The van der Waals surface area contributed by atoms with E-state index in [0.717, 1.165) is 0 Å². The van der Waals surface area contributed by atoms with Crippen LogP contribution in [0.15, 0.2) is 0 Å². The van der Waals surface area contributed by atoms with Gasteiger partial charge in [-0.25, -0.2) is 0 Å². The predicted molar refractivity (Wildman–Crippen MR) is 101 cm³/mol. The van der Waals surface area contributed by atoms with Crippen LogP contribution in [0.1, 0.15) is 0 Å². The fraction of sp³-hybridized carbons (Fsp3) is 1.00. The van der Waals surface area contributed by atoms with Gasteiger partial charge in [-0.05, 0) is 0 Å². The van der Waals surface area contributed by atoms with Crippen LogP contribution in [0.2, 0.25) is 0 Å². The molecule has 0 aromatic rings. The van der Waals surface area contributed by atoms with Crippen LogP contribution in [0.5, 0.6) is 0 Å². The fourth-order valence-corrected chi connectivity index (χ4v) is 3.94. The van der Waals surface area contributed by atoms with Gasteiger partial charge in [-0.1, -0.05) is 0 Å². The maximum absolute atomic E-state index is 10.6. The standard InChI is InChI=1S/C18H32O16/c19-1-4-7(21)10(24)12(26)17(32-4)30-3-6-9(23)15(14(28)16(29)31-6)34-18-13(27)11(25)8(22)5(2-20)33-18/h4-29H,1-3H2/t4-,5-,6-,7+,8-,9-,10+,11+,12+,13+,14+,15+,16+,17+,18-/m1/s1. The van der Waals surface area contributed by atoms with Crippen molar-refractivity contribution < 1.29 is 79.9 Å². The molecule has 34 heavy (non-hydrogen) atoms. The van der Waals surface area contributed by atoms with Crippen LogP contribution in [0.3, 0.4) is 0 Å². The number of aliphatic hydroxyl groups is 11. The molecule has 0 amide bonds. The van der Waals surface area contributed by atoms with Crippen LogP contribution in [0, 0.1) is 0 Å². The van der Waals surface area contributed by atoms with Crippen molar-refractivity contribution >= 4 is 0 Å². The van der Waals surface area contributed by atoms with Crippen molar-refractivity contribution in [1.82, 2.24) is 0 Å². The largest absolute Gasteiger partial charge is 0.394 e. The number of ether oxygens (including phenoxy) is 5. The SMILES string of the molecule is OC[C@H]1O[C@H](OC[C@H]2O[C@H](O)[C@@H](O)[C@@H](O[C@H]3O[C@H](CO)[C@@H](O)[C@H](O)[C@@H]3O)[C@@H]2O)[C@@H](O)[C@@H](O)[C@H]1O. The molecule has 3 aliphatic rings. The average Bonchev–Trinajstić information content (AvgIpc) is 2.82. The van der Waals surface area contributed by atoms with Gasteiger partial charge in [-0.2, -0.15) is 0 Å². The molecule has 0 aliphatic carbocycles. The van der Waals surface area contributed by atoms with Gasteiger partial charge in [0.05, 0.1) is 19.8 Å². The Morgan fingerprint density at radius 1 is 0.500 bits per heavy atom. The molecule has 11 N–H and O–H groups in total. The van der Waals surface area contributed by atoms with Gasteiger partial charge in [0.2, 0.25) is 0 Å². The van der Waals surface area contributed by atoms with Crippen molar-refractivity contribution in [1.29, 1.82) is 0 Å². The van der Waals surface area contributed by atoms with Crippen LogP contribution < -0.4 is 0 Å². The van der Waals surface area contributed by atoms with E-state index in [1.165, 1.54) is 0 Å². The van der Waals surface area contributed by atoms with E-state index in [0.29, 0.717) is 0 Å². The zero-order valence-electron chi connectivity index (χ0n) is 17.7. The van der Waals surface area contributed by atoms with E-state index >= 15 is 0 Å². The van der Waals surface area contributed by atoms with Crippen LogP contribution >= 0.6 is 0 Å². The molecule has 3 aliphatic heterocycles. The Hall–Kier alpha value is -0.640. The Kier molecular flexibility index (Phi) is 9.54. The highest BCUT2D eigenvalue weighted by Gasteiger charge is 2.51. The van der Waals surface area contributed by atoms with Crippen LogP contribution in [-0.2, 0) is 23.7 Å². The first kappa shape index (κ1) is 27.9. The van der Waals surface area contributed by atoms with E-state index < -0.39 is 112 Å². The maximum Gasteiger partial charge on any atom is 0.187 e. The van der Waals surface area contributed by atoms with Gasteiger partial charge < -0.3 is 79.9 Å². The maximum atomic E-state index is 10.6. The van der Waals surface area contributed by atoms with Crippen molar-refractivity contribution in [3.8, 4) is 0 Å². The van der Waals surface area contributed by atoms with Gasteiger partial charge in [0.1, 0.15) is 73.2 Å². The molecular weight excluding hydrogens is 472 g/mol. The van der Waals surface area contributed by atoms with Crippen molar-refractivity contribution in [2.24, 2.45) is 0 Å². The average molecular weight is 504 g/mol. The summed E-state index contributed by atoms with van der Waals surface area (Å²) in [4.78, 5) is 0. The summed E-state index contributed by atoms with van der Waals surface area (Å²) in [7, 11) is 0. The van der Waals surface area contributed by atoms with Gasteiger partial charge in [0.15, 0.2) is 18.9 Å². The Labute approximate surface area is 192 Å². The molecule has 0 radical (unpaired) electrons. The molecule has 200 valence electrons. The summed E-state index contributed by atoms with van der Waals surface area (Å²) < 4.78 is 26.1. The quantitative estimate of drug-likeness (QED) is 0.154. The molecule has 15 atom stereocenters. The van der Waals surface area contributed by atoms with Crippen molar-refractivity contribution in [3.63, 3.8) is 0 Å². The second kappa shape index (κ2) is 11.6. The van der Waals surface area contributed by atoms with Crippen molar-refractivity contribution in [3.05, 3.63) is 0 Å². The number of hydrogen-bond acceptors (Lipinski definition) is 16. The third kappa shape index (κ3) is 5.52. The van der Waals surface area contributed by atoms with Gasteiger partial charge in [0, 0.05) is 0 Å². The molecule has 3 rings (SSSR count). The Morgan fingerprint density at radius 3 is 1.53 bits per heavy atom. The topological polar surface area (TPSA) is 269 Å². The minimum Gasteiger partial charge on any atom is -0.394 e. The van der Waals surface area contributed by atoms with Crippen LogP contribution in [0.4, 0.5) is 0 Å². The van der Waals surface area contributed by atoms with Gasteiger partial charge >= 0.3 is 0 Å². The van der Waals surface area contributed by atoms with E-state index in [2.05, 4.69) is 0 Å². The number of aliphatic hydroxyl groups excluding tert-OH is 11. The van der Waals surface area contributed by atoms with E-state index in [1.807, 2.05) is 0 Å². The molecule has 0 bridgehead atoms. The van der Waals surface area contributed by atoms with E-state index in [-0.39, 0.29) is 0 Å². The lowest BCUT2D eigenvalue weighted by Gasteiger charge is -2.45. The first-order valence-electron chi connectivity index (χ1n) is 10.6. The summed E-state index contributed by atoms with van der Waals surface area (Å²) in [6, 6.07) is 0. The first-order chi connectivity index (χ1) is 16.0. The highest BCUT2D eigenvalue weighted by molar-refractivity contribution is 4.94. The molecule has 0 unspecified atom stereocenters. The van der Waals surface area contributed by atoms with Gasteiger partial charge in [-0.15, -0.1) is 0 Å². The summed E-state index contributed by atoms with van der Waals surface area (Å²) in [5, 5.41) is 109. The summed E-state index contributed by atoms with van der Waals surface area (Å²) in [5.74, 6) is 0. The van der Waals surface area contributed by atoms with Gasteiger partial charge in [0.25, 0.3) is 0 Å². The monoisotopic (exact) mass is 504 g/mol. The Balaban J connectivity index is 1.65. The molecule has 0 spiro atoms. The normalized spacial score (nSPS) is 52.5. The van der Waals surface area contributed by atoms with E-state index in [1.54, 1.807) is 0 Å². The molecule has 0 aromatic heterocycles. The van der Waals surface area contributed by atoms with E-state index in [4.69, 9.17) is 23.7 Å². The molecule has 16 heteroatoms. The van der Waals surface area contributed by atoms with Crippen LogP contribution in [0.25, 0.3) is 0 Å². The highest BCUT2D eigenvalue weighted by Crippen LogP contribution is 2.29. The zero-order chi connectivity index (χ0) is 25.3. The van der Waals surface area contributed by atoms with Crippen LogP contribution in [-0.4, -0.2) is 168 Å². The molecule has 16 nitrogen and oxygen atoms in total. The minimum atomic E-state index is -1.93. The van der Waals surface area contributed by atoms with E-state index in [9.17, 15) is 56.2 Å². The smallest absolute Gasteiger partial charge is 0.187 e. The fourth-order valence-electron chi connectivity index (χ4n) is 3.94. The lowest BCUT2D eigenvalue weighted by atomic mass is 9.97. The molecule has 0 saturated carbocycles. The third-order valence-electron chi connectivity index (χ3n) is 6.07. The second-order valence-corrected chi connectivity index (χ2v) is 8.37. The number of rotatable bonds is 7. The first-order valence-corrected chi connectivity index (χ1v) is 10.6. The molecule has 3 saturated heterocycles. The van der Waals surface area contributed by atoms with Crippen molar-refractivity contribution in [2.75, 3.05) is 19.8 Å². The Bertz CT molecular complexity index is 637. The lowest BCUT2D eigenvalue weighted by molar-refractivity contribution is -0.361. The summed E-state index contributed by atoms with van der Waals surface area (Å²) in [6.07, 6.45) is -24.9. The minimum absolute atomic E-state index is 0.609. The molecular formula is C18H32O16. The third-order valence-corrected chi connectivity index (χ3v) is 6.07. The lowest BCUT2D eigenvalue weighted by Crippen LogP contribution is -2.65. The van der Waals surface area contributed by atoms with Gasteiger partial charge in [-0.3, -0.25) is 0 Å².